The van der Waals surface area contributed by atoms with Gasteiger partial charge in [0.1, 0.15) is 0 Å². The number of hydrogen-bond acceptors (Lipinski definition) is 1. The molecule has 74 valence electrons. The molecule has 0 heterocycles. The predicted octanol–water partition coefficient (Wildman–Crippen LogP) is 3.20. The summed E-state index contributed by atoms with van der Waals surface area (Å²) in [6.07, 6.45) is 6.84. The molecule has 0 amide bonds. The van der Waals surface area contributed by atoms with Crippen LogP contribution in [0.25, 0.3) is 0 Å². The smallest absolute Gasteiger partial charge is 0.00638 e. The van der Waals surface area contributed by atoms with E-state index in [1.807, 2.05) is 0 Å². The van der Waals surface area contributed by atoms with Crippen LogP contribution in [0.4, 0.5) is 0 Å². The van der Waals surface area contributed by atoms with Crippen LogP contribution in [0.15, 0.2) is 0 Å². The lowest BCUT2D eigenvalue weighted by molar-refractivity contribution is 0.349. The molecular formula is C11H25N. The van der Waals surface area contributed by atoms with Gasteiger partial charge in [0, 0.05) is 6.04 Å². The van der Waals surface area contributed by atoms with Gasteiger partial charge in [0.25, 0.3) is 0 Å². The maximum atomic E-state index is 3.34. The second-order valence-electron chi connectivity index (χ2n) is 3.74. The SMILES string of the molecule is CCCCC[C@H](CC)C(C)NC. The standard InChI is InChI=1S/C11H25N/c1-5-7-8-9-11(6-2)10(3)12-4/h10-12H,5-9H2,1-4H3/t10?,11-/m0/s1. The highest BCUT2D eigenvalue weighted by molar-refractivity contribution is 4.69. The van der Waals surface area contributed by atoms with Crippen LogP contribution in [0.5, 0.6) is 0 Å². The molecule has 0 aliphatic carbocycles. The summed E-state index contributed by atoms with van der Waals surface area (Å²) < 4.78 is 0. The Bertz CT molecular complexity index is 91.0. The number of nitrogens with one attached hydrogen (secondary N) is 1. The molecule has 12 heavy (non-hydrogen) atoms. The Morgan fingerprint density at radius 1 is 1.17 bits per heavy atom. The van der Waals surface area contributed by atoms with Crippen LogP contribution in [0.1, 0.15) is 52.9 Å². The molecule has 0 radical (unpaired) electrons. The van der Waals surface area contributed by atoms with E-state index in [2.05, 4.69) is 33.1 Å². The zero-order valence-corrected chi connectivity index (χ0v) is 9.19. The third kappa shape index (κ3) is 4.76. The summed E-state index contributed by atoms with van der Waals surface area (Å²) >= 11 is 0. The van der Waals surface area contributed by atoms with Crippen molar-refractivity contribution in [3.63, 3.8) is 0 Å². The van der Waals surface area contributed by atoms with Crippen molar-refractivity contribution in [1.29, 1.82) is 0 Å². The van der Waals surface area contributed by atoms with E-state index in [-0.39, 0.29) is 0 Å². The summed E-state index contributed by atoms with van der Waals surface area (Å²) in [5.41, 5.74) is 0. The predicted molar refractivity (Wildman–Crippen MR) is 56.4 cm³/mol. The Hall–Kier alpha value is -0.0400. The summed E-state index contributed by atoms with van der Waals surface area (Å²) in [7, 11) is 2.06. The van der Waals surface area contributed by atoms with Gasteiger partial charge < -0.3 is 5.32 Å². The monoisotopic (exact) mass is 171 g/mol. The fraction of sp³-hybridized carbons (Fsp3) is 1.00. The molecule has 0 aliphatic rings. The van der Waals surface area contributed by atoms with Crippen molar-refractivity contribution in [3.05, 3.63) is 0 Å². The Morgan fingerprint density at radius 3 is 2.25 bits per heavy atom. The Balaban J connectivity index is 3.52. The van der Waals surface area contributed by atoms with Crippen molar-refractivity contribution in [1.82, 2.24) is 5.32 Å². The zero-order valence-electron chi connectivity index (χ0n) is 9.19. The van der Waals surface area contributed by atoms with Crippen LogP contribution >= 0.6 is 0 Å². The third-order valence-corrected chi connectivity index (χ3v) is 2.87. The molecule has 0 rings (SSSR count). The van der Waals surface area contributed by atoms with Crippen LogP contribution < -0.4 is 5.32 Å². The highest BCUT2D eigenvalue weighted by Crippen LogP contribution is 2.16. The summed E-state index contributed by atoms with van der Waals surface area (Å²) in [4.78, 5) is 0. The van der Waals surface area contributed by atoms with Gasteiger partial charge in [-0.15, -0.1) is 0 Å². The normalized spacial score (nSPS) is 16.0. The molecular weight excluding hydrogens is 146 g/mol. The second kappa shape index (κ2) is 7.60. The molecule has 0 saturated heterocycles. The van der Waals surface area contributed by atoms with Gasteiger partial charge in [-0.05, 0) is 26.3 Å². The van der Waals surface area contributed by atoms with E-state index >= 15 is 0 Å². The molecule has 0 bridgehead atoms. The van der Waals surface area contributed by atoms with Crippen LogP contribution in [0.2, 0.25) is 0 Å². The van der Waals surface area contributed by atoms with E-state index in [4.69, 9.17) is 0 Å². The van der Waals surface area contributed by atoms with Crippen LogP contribution in [0, 0.1) is 5.92 Å². The first-order valence-electron chi connectivity index (χ1n) is 5.43. The third-order valence-electron chi connectivity index (χ3n) is 2.87. The Kier molecular flexibility index (Phi) is 7.58. The fourth-order valence-electron chi connectivity index (χ4n) is 1.70. The van der Waals surface area contributed by atoms with E-state index in [1.165, 1.54) is 32.1 Å². The minimum atomic E-state index is 0.687. The fourth-order valence-corrected chi connectivity index (χ4v) is 1.70. The zero-order chi connectivity index (χ0) is 9.40. The summed E-state index contributed by atoms with van der Waals surface area (Å²) in [6, 6.07) is 0.687. The topological polar surface area (TPSA) is 12.0 Å². The molecule has 0 spiro atoms. The minimum absolute atomic E-state index is 0.687. The largest absolute Gasteiger partial charge is 0.317 e. The molecule has 0 aromatic rings. The highest BCUT2D eigenvalue weighted by Gasteiger charge is 2.12. The van der Waals surface area contributed by atoms with Crippen molar-refractivity contribution in [2.24, 2.45) is 5.92 Å². The summed E-state index contributed by atoms with van der Waals surface area (Å²) in [6.45, 7) is 6.85. The first-order chi connectivity index (χ1) is 5.76. The summed E-state index contributed by atoms with van der Waals surface area (Å²) in [5.74, 6) is 0.876. The minimum Gasteiger partial charge on any atom is -0.317 e. The lowest BCUT2D eigenvalue weighted by atomic mass is 9.92. The maximum absolute atomic E-state index is 3.34. The van der Waals surface area contributed by atoms with E-state index in [0.29, 0.717) is 6.04 Å². The molecule has 2 atom stereocenters. The lowest BCUT2D eigenvalue weighted by Crippen LogP contribution is -2.30. The van der Waals surface area contributed by atoms with Gasteiger partial charge in [-0.3, -0.25) is 0 Å². The van der Waals surface area contributed by atoms with Gasteiger partial charge in [-0.1, -0.05) is 39.5 Å². The van der Waals surface area contributed by atoms with Gasteiger partial charge in [-0.2, -0.15) is 0 Å². The van der Waals surface area contributed by atoms with E-state index in [1.54, 1.807) is 0 Å². The molecule has 0 aromatic carbocycles. The first kappa shape index (κ1) is 12.0. The van der Waals surface area contributed by atoms with Gasteiger partial charge in [0.15, 0.2) is 0 Å². The van der Waals surface area contributed by atoms with Crippen LogP contribution in [-0.4, -0.2) is 13.1 Å². The Morgan fingerprint density at radius 2 is 1.83 bits per heavy atom. The highest BCUT2D eigenvalue weighted by atomic mass is 14.9. The van der Waals surface area contributed by atoms with Crippen LogP contribution in [-0.2, 0) is 0 Å². The van der Waals surface area contributed by atoms with Crippen molar-refractivity contribution < 1.29 is 0 Å². The summed E-state index contributed by atoms with van der Waals surface area (Å²) in [5, 5.41) is 3.34. The average Bonchev–Trinajstić information content (AvgIpc) is 2.11. The van der Waals surface area contributed by atoms with Crippen molar-refractivity contribution >= 4 is 0 Å². The van der Waals surface area contributed by atoms with Gasteiger partial charge in [0.2, 0.25) is 0 Å². The molecule has 0 aromatic heterocycles. The first-order valence-corrected chi connectivity index (χ1v) is 5.43. The number of hydrogen-bond donors (Lipinski definition) is 1. The molecule has 0 fully saturated rings. The van der Waals surface area contributed by atoms with Gasteiger partial charge >= 0.3 is 0 Å². The molecule has 0 aliphatic heterocycles. The molecule has 0 saturated carbocycles. The lowest BCUT2D eigenvalue weighted by Gasteiger charge is -2.21. The van der Waals surface area contributed by atoms with Crippen molar-refractivity contribution in [2.45, 2.75) is 58.9 Å². The maximum Gasteiger partial charge on any atom is 0.00638 e. The van der Waals surface area contributed by atoms with E-state index in [9.17, 15) is 0 Å². The van der Waals surface area contributed by atoms with Crippen molar-refractivity contribution in [2.75, 3.05) is 7.05 Å². The van der Waals surface area contributed by atoms with E-state index < -0.39 is 0 Å². The number of unbranched alkanes of at least 4 members (excludes halogenated alkanes) is 2. The van der Waals surface area contributed by atoms with Gasteiger partial charge in [-0.25, -0.2) is 0 Å². The molecule has 1 nitrogen and oxygen atoms in total. The van der Waals surface area contributed by atoms with E-state index in [0.717, 1.165) is 5.92 Å². The van der Waals surface area contributed by atoms with Crippen LogP contribution in [0.3, 0.4) is 0 Å². The molecule has 1 heteroatoms. The average molecular weight is 171 g/mol. The second-order valence-corrected chi connectivity index (χ2v) is 3.74. The number of rotatable bonds is 7. The Labute approximate surface area is 77.9 Å². The molecule has 1 unspecified atom stereocenters. The van der Waals surface area contributed by atoms with Gasteiger partial charge in [0.05, 0.1) is 0 Å². The quantitative estimate of drug-likeness (QED) is 0.580. The molecule has 1 N–H and O–H groups in total. The van der Waals surface area contributed by atoms with Crippen molar-refractivity contribution in [3.8, 4) is 0 Å².